The van der Waals surface area contributed by atoms with Gasteiger partial charge in [-0.3, -0.25) is 4.57 Å². The lowest BCUT2D eigenvalue weighted by Gasteiger charge is -2.32. The van der Waals surface area contributed by atoms with Crippen molar-refractivity contribution in [1.29, 1.82) is 0 Å². The molecule has 0 radical (unpaired) electrons. The molecule has 5 atom stereocenters. The minimum atomic E-state index is -4.97. The third-order valence-electron chi connectivity index (χ3n) is 6.53. The first-order valence-corrected chi connectivity index (χ1v) is 13.2. The molecule has 2 aromatic heterocycles. The largest absolute Gasteiger partial charge is 0.393 e. The number of nitrogens with one attached hydrogen (secondary N) is 1. The third kappa shape index (κ3) is 5.21. The Morgan fingerprint density at radius 2 is 2.00 bits per heavy atom. The predicted molar refractivity (Wildman–Crippen MR) is 123 cm³/mol. The van der Waals surface area contributed by atoms with Crippen LogP contribution in [0.2, 0.25) is 5.28 Å². The molecule has 6 N–H and O–H groups in total. The smallest absolute Gasteiger partial charge is 0.361 e. The van der Waals surface area contributed by atoms with Crippen LogP contribution in [0, 0.1) is 0 Å². The summed E-state index contributed by atoms with van der Waals surface area (Å²) >= 11 is 6.16. The lowest BCUT2D eigenvalue weighted by atomic mass is 10.1. The number of nitrogens with zero attached hydrogens (tertiary/aromatic N) is 3. The van der Waals surface area contributed by atoms with Crippen molar-refractivity contribution in [2.45, 2.75) is 61.5 Å². The second-order valence-corrected chi connectivity index (χ2v) is 11.1. The molecule has 196 valence electrons. The van der Waals surface area contributed by atoms with Crippen LogP contribution in [0.4, 0.5) is 5.82 Å². The third-order valence-corrected chi connectivity index (χ3v) is 8.15. The van der Waals surface area contributed by atoms with Gasteiger partial charge in [0.15, 0.2) is 5.82 Å². The van der Waals surface area contributed by atoms with Gasteiger partial charge in [-0.1, -0.05) is 12.8 Å². The fourth-order valence-corrected chi connectivity index (χ4v) is 5.45. The maximum absolute atomic E-state index is 12.0. The first-order valence-electron chi connectivity index (χ1n) is 11.2. The summed E-state index contributed by atoms with van der Waals surface area (Å²) in [5, 5.41) is 36.2. The fourth-order valence-electron chi connectivity index (χ4n) is 4.56. The topological polar surface area (TPSA) is 188 Å². The molecule has 1 aliphatic carbocycles. The Hall–Kier alpha value is -1.38. The lowest BCUT2D eigenvalue weighted by Crippen LogP contribution is -2.44. The molecule has 3 heterocycles. The molecule has 0 aromatic carbocycles. The average Bonchev–Trinajstić information content (AvgIpc) is 3.52. The number of hydrogen-bond donors (Lipinski definition) is 6. The summed E-state index contributed by atoms with van der Waals surface area (Å²) in [4.78, 5) is 23.7. The van der Waals surface area contributed by atoms with E-state index in [-0.39, 0.29) is 11.3 Å². The van der Waals surface area contributed by atoms with Crippen LogP contribution >= 0.6 is 19.2 Å². The van der Waals surface area contributed by atoms with Gasteiger partial charge in [0.25, 0.3) is 0 Å². The fraction of sp³-hybridized carbons (Fsp3) is 0.700. The summed E-state index contributed by atoms with van der Waals surface area (Å²) in [5.74, 6) is 0.546. The Morgan fingerprint density at radius 3 is 2.63 bits per heavy atom. The number of ether oxygens (including phenoxy) is 3. The van der Waals surface area contributed by atoms with Gasteiger partial charge in [0.1, 0.15) is 29.9 Å². The summed E-state index contributed by atoms with van der Waals surface area (Å²) in [5.41, 5.74) is 1.01. The molecule has 4 rings (SSSR count). The van der Waals surface area contributed by atoms with Gasteiger partial charge in [-0.05, 0) is 36.6 Å². The van der Waals surface area contributed by atoms with Crippen LogP contribution in [0.5, 0.6) is 0 Å². The highest BCUT2D eigenvalue weighted by Crippen LogP contribution is 2.51. The van der Waals surface area contributed by atoms with Gasteiger partial charge in [-0.25, -0.2) is 4.52 Å². The van der Waals surface area contributed by atoms with Crippen molar-refractivity contribution in [3.8, 4) is 0 Å². The Balaban J connectivity index is 1.56. The van der Waals surface area contributed by atoms with Crippen LogP contribution in [0.15, 0.2) is 12.1 Å². The van der Waals surface area contributed by atoms with Crippen LogP contribution in [0.25, 0.3) is 5.52 Å². The maximum Gasteiger partial charge on any atom is 0.361 e. The second-order valence-electron chi connectivity index (χ2n) is 8.88. The highest BCUT2D eigenvalue weighted by atomic mass is 35.5. The Labute approximate surface area is 206 Å². The number of halogens is 1. The zero-order valence-electron chi connectivity index (χ0n) is 19.0. The van der Waals surface area contributed by atoms with Gasteiger partial charge < -0.3 is 44.6 Å². The van der Waals surface area contributed by atoms with Crippen molar-refractivity contribution in [1.82, 2.24) is 14.6 Å². The minimum absolute atomic E-state index is 0.0164. The van der Waals surface area contributed by atoms with Gasteiger partial charge in [0, 0.05) is 13.2 Å². The zero-order valence-corrected chi connectivity index (χ0v) is 20.7. The van der Waals surface area contributed by atoms with Gasteiger partial charge >= 0.3 is 7.60 Å². The van der Waals surface area contributed by atoms with Crippen LogP contribution < -0.4 is 5.32 Å². The van der Waals surface area contributed by atoms with Crippen LogP contribution in [-0.2, 0) is 18.8 Å². The summed E-state index contributed by atoms with van der Waals surface area (Å²) in [6, 6.07) is 3.69. The molecular weight excluding hydrogens is 507 g/mol. The quantitative estimate of drug-likeness (QED) is 0.230. The van der Waals surface area contributed by atoms with Gasteiger partial charge in [0.2, 0.25) is 10.6 Å². The molecule has 35 heavy (non-hydrogen) atoms. The molecule has 13 nitrogen and oxygen atoms in total. The normalized spacial score (nSPS) is 27.5. The maximum atomic E-state index is 12.0. The Kier molecular flexibility index (Phi) is 8.04. The number of methoxy groups -OCH3 is 1. The zero-order chi connectivity index (χ0) is 25.4. The first-order chi connectivity index (χ1) is 16.6. The molecule has 2 fully saturated rings. The average molecular weight is 537 g/mol. The highest BCUT2D eigenvalue weighted by Gasteiger charge is 2.51. The van der Waals surface area contributed by atoms with Crippen molar-refractivity contribution >= 4 is 30.5 Å². The summed E-state index contributed by atoms with van der Waals surface area (Å²) in [7, 11) is -3.78. The Bertz CT molecular complexity index is 1080. The van der Waals surface area contributed by atoms with Crippen LogP contribution in [-0.4, -0.2) is 96.3 Å². The molecule has 15 heteroatoms. The summed E-state index contributed by atoms with van der Waals surface area (Å²) < 4.78 is 29.4. The Morgan fingerprint density at radius 1 is 1.29 bits per heavy atom. The number of aliphatic hydroxyl groups is 3. The van der Waals surface area contributed by atoms with E-state index in [1.807, 2.05) is 0 Å². The van der Waals surface area contributed by atoms with E-state index in [4.69, 9.17) is 25.8 Å². The highest BCUT2D eigenvalue weighted by molar-refractivity contribution is 7.53. The number of aliphatic hydroxyl groups excluding tert-OH is 3. The number of anilines is 1. The van der Waals surface area contributed by atoms with E-state index < -0.39 is 57.2 Å². The van der Waals surface area contributed by atoms with E-state index in [0.717, 1.165) is 25.7 Å². The predicted octanol–water partition coefficient (Wildman–Crippen LogP) is 0.428. The van der Waals surface area contributed by atoms with E-state index in [2.05, 4.69) is 15.4 Å². The molecule has 0 bridgehead atoms. The summed E-state index contributed by atoms with van der Waals surface area (Å²) in [6.45, 7) is -2.16. The van der Waals surface area contributed by atoms with Crippen molar-refractivity contribution in [2.24, 2.45) is 0 Å². The minimum Gasteiger partial charge on any atom is -0.393 e. The number of fused-ring (bicyclic) bond motifs is 1. The number of aromatic nitrogens is 3. The molecular formula is C20H30ClN4O9P. The SMILES string of the molecule is COCC(CO)(OC[C@H]1O[C@@H](c2ccc3c(NC4CCCC4)nc(Cl)nn23)[C@H](O)[C@@H]1O)P(=O)(O)O. The van der Waals surface area contributed by atoms with Gasteiger partial charge in [0.05, 0.1) is 25.5 Å². The van der Waals surface area contributed by atoms with Gasteiger partial charge in [-0.15, -0.1) is 5.10 Å². The van der Waals surface area contributed by atoms with E-state index in [1.54, 1.807) is 12.1 Å². The van der Waals surface area contributed by atoms with Gasteiger partial charge in [-0.2, -0.15) is 4.98 Å². The van der Waals surface area contributed by atoms with E-state index >= 15 is 0 Å². The van der Waals surface area contributed by atoms with Crippen LogP contribution in [0.1, 0.15) is 37.5 Å². The van der Waals surface area contributed by atoms with Crippen molar-refractivity contribution in [2.75, 3.05) is 32.2 Å². The molecule has 1 unspecified atom stereocenters. The standard InChI is InChI=1S/C20H30ClN4O9P/c1-32-10-20(9-26,35(29,30)31)33-8-14-15(27)16(28)17(34-14)12-6-7-13-18(22-11-4-2-3-5-11)23-19(21)24-25(12)13/h6-7,11,14-17,26-28H,2-5,8-10H2,1H3,(H,22,23,24)(H2,29,30,31)/t14-,15-,16-,17+,20?/m1/s1. The first kappa shape index (κ1) is 26.7. The lowest BCUT2D eigenvalue weighted by molar-refractivity contribution is -0.119. The molecule has 1 aliphatic heterocycles. The van der Waals surface area contributed by atoms with Crippen molar-refractivity contribution < 1.29 is 43.9 Å². The molecule has 1 saturated carbocycles. The van der Waals surface area contributed by atoms with E-state index in [1.165, 1.54) is 11.6 Å². The van der Waals surface area contributed by atoms with Crippen LogP contribution in [0.3, 0.4) is 0 Å². The second kappa shape index (κ2) is 10.5. The molecule has 0 spiro atoms. The number of rotatable bonds is 10. The van der Waals surface area contributed by atoms with E-state index in [0.29, 0.717) is 17.0 Å². The van der Waals surface area contributed by atoms with E-state index in [9.17, 15) is 29.7 Å². The molecule has 0 amide bonds. The molecule has 2 aromatic rings. The van der Waals surface area contributed by atoms with Crippen molar-refractivity contribution in [3.05, 3.63) is 23.1 Å². The molecule has 2 aliphatic rings. The van der Waals surface area contributed by atoms with Crippen molar-refractivity contribution in [3.63, 3.8) is 0 Å². The monoisotopic (exact) mass is 536 g/mol. The molecule has 1 saturated heterocycles. The summed E-state index contributed by atoms with van der Waals surface area (Å²) in [6.07, 6.45) is -0.758. The number of hydrogen-bond acceptors (Lipinski definition) is 10.